The number of likely N-dealkylation sites (tertiary alicyclic amines) is 1. The number of nitrogens with one attached hydrogen (secondary N) is 1. The molecule has 178 valence electrons. The van der Waals surface area contributed by atoms with Gasteiger partial charge in [0.15, 0.2) is 0 Å². The standard InChI is InChI=1S/C27H33N5O2/c1-26(13-6-3-7-14-26)25(34)31-17-16-27(19-8-4-2-5-9-19)15-12-22-29-30-23(32(22)18-21(27)31)24(33)28-20-10-11-20/h2-6,8-9,20-21H,7,10-18H2,1H3,(H,28,33)/t21-,26?,27-/m0/s1. The Morgan fingerprint density at radius 1 is 1.06 bits per heavy atom. The Labute approximate surface area is 200 Å². The van der Waals surface area contributed by atoms with Crippen LogP contribution < -0.4 is 5.32 Å². The summed E-state index contributed by atoms with van der Waals surface area (Å²) >= 11 is 0. The molecule has 0 bridgehead atoms. The van der Waals surface area contributed by atoms with Crippen LogP contribution in [0.4, 0.5) is 0 Å². The van der Waals surface area contributed by atoms with E-state index in [0.717, 1.165) is 63.7 Å². The Hall–Kier alpha value is -2.96. The molecular weight excluding hydrogens is 426 g/mol. The maximum absolute atomic E-state index is 14.1. The van der Waals surface area contributed by atoms with E-state index in [1.165, 1.54) is 5.56 Å². The molecule has 4 aliphatic rings. The maximum atomic E-state index is 14.1. The Morgan fingerprint density at radius 3 is 2.62 bits per heavy atom. The van der Waals surface area contributed by atoms with Crippen LogP contribution in [0.5, 0.6) is 0 Å². The highest BCUT2D eigenvalue weighted by molar-refractivity contribution is 5.91. The summed E-state index contributed by atoms with van der Waals surface area (Å²) in [7, 11) is 0. The predicted octanol–water partition coefficient (Wildman–Crippen LogP) is 3.40. The minimum absolute atomic E-state index is 0.0325. The topological polar surface area (TPSA) is 80.1 Å². The number of rotatable bonds is 4. The number of amides is 2. The third-order valence-electron chi connectivity index (χ3n) is 8.63. The first-order valence-electron chi connectivity index (χ1n) is 12.7. The van der Waals surface area contributed by atoms with E-state index in [2.05, 4.69) is 69.8 Å². The average Bonchev–Trinajstić information content (AvgIpc) is 3.51. The van der Waals surface area contributed by atoms with Crippen LogP contribution in [0.2, 0.25) is 0 Å². The summed E-state index contributed by atoms with van der Waals surface area (Å²) in [6, 6.07) is 10.9. The molecule has 2 aromatic rings. The minimum atomic E-state index is -0.365. The van der Waals surface area contributed by atoms with Gasteiger partial charge in [-0.25, -0.2) is 0 Å². The molecular formula is C27H33N5O2. The molecule has 0 spiro atoms. The maximum Gasteiger partial charge on any atom is 0.289 e. The van der Waals surface area contributed by atoms with Crippen LogP contribution in [-0.2, 0) is 23.2 Å². The molecule has 1 saturated carbocycles. The fraction of sp³-hybridized carbons (Fsp3) is 0.556. The van der Waals surface area contributed by atoms with Crippen LogP contribution >= 0.6 is 0 Å². The van der Waals surface area contributed by atoms with Crippen LogP contribution in [0.1, 0.15) is 73.9 Å². The molecule has 2 aliphatic heterocycles. The number of fused-ring (bicyclic) bond motifs is 2. The van der Waals surface area contributed by atoms with Gasteiger partial charge in [0.1, 0.15) is 5.82 Å². The molecule has 1 aromatic carbocycles. The fourth-order valence-corrected chi connectivity index (χ4v) is 6.37. The zero-order valence-electron chi connectivity index (χ0n) is 19.9. The van der Waals surface area contributed by atoms with Crippen molar-refractivity contribution in [2.45, 2.75) is 82.3 Å². The van der Waals surface area contributed by atoms with Gasteiger partial charge < -0.3 is 14.8 Å². The molecule has 1 unspecified atom stereocenters. The van der Waals surface area contributed by atoms with E-state index in [-0.39, 0.29) is 34.7 Å². The second-order valence-corrected chi connectivity index (χ2v) is 10.9. The van der Waals surface area contributed by atoms with E-state index in [0.29, 0.717) is 12.4 Å². The summed E-state index contributed by atoms with van der Waals surface area (Å²) in [6.45, 7) is 3.43. The van der Waals surface area contributed by atoms with Gasteiger partial charge in [0.25, 0.3) is 5.91 Å². The molecule has 3 heterocycles. The molecule has 1 N–H and O–H groups in total. The second kappa shape index (κ2) is 8.07. The number of hydrogen-bond donors (Lipinski definition) is 1. The summed E-state index contributed by atoms with van der Waals surface area (Å²) < 4.78 is 2.00. The molecule has 7 heteroatoms. The van der Waals surface area contributed by atoms with Crippen LogP contribution in [-0.4, -0.2) is 50.1 Å². The number of carbonyl (C=O) groups excluding carboxylic acids is 2. The molecule has 2 aliphatic carbocycles. The minimum Gasteiger partial charge on any atom is -0.347 e. The Morgan fingerprint density at radius 2 is 1.88 bits per heavy atom. The third kappa shape index (κ3) is 3.48. The molecule has 0 radical (unpaired) electrons. The van der Waals surface area contributed by atoms with E-state index in [1.54, 1.807) is 0 Å². The van der Waals surface area contributed by atoms with E-state index in [4.69, 9.17) is 0 Å². The lowest BCUT2D eigenvalue weighted by Crippen LogP contribution is -2.51. The fourth-order valence-electron chi connectivity index (χ4n) is 6.37. The van der Waals surface area contributed by atoms with Crippen molar-refractivity contribution in [2.75, 3.05) is 6.54 Å². The monoisotopic (exact) mass is 459 g/mol. The van der Waals surface area contributed by atoms with Crippen LogP contribution in [0.25, 0.3) is 0 Å². The summed E-state index contributed by atoms with van der Waals surface area (Å²) in [5, 5.41) is 11.8. The Bertz CT molecular complexity index is 1140. The lowest BCUT2D eigenvalue weighted by molar-refractivity contribution is -0.143. The first-order chi connectivity index (χ1) is 16.5. The molecule has 1 saturated heterocycles. The van der Waals surface area contributed by atoms with Crippen LogP contribution in [0.15, 0.2) is 42.5 Å². The number of aromatic nitrogens is 3. The van der Waals surface area contributed by atoms with Crippen molar-refractivity contribution in [3.8, 4) is 0 Å². The molecule has 6 rings (SSSR count). The van der Waals surface area contributed by atoms with Crippen molar-refractivity contribution >= 4 is 11.8 Å². The molecule has 2 amide bonds. The average molecular weight is 460 g/mol. The number of allylic oxidation sites excluding steroid dienone is 2. The molecule has 34 heavy (non-hydrogen) atoms. The first-order valence-corrected chi connectivity index (χ1v) is 12.7. The predicted molar refractivity (Wildman–Crippen MR) is 128 cm³/mol. The first kappa shape index (κ1) is 21.6. The Kier molecular flexibility index (Phi) is 5.12. The number of nitrogens with zero attached hydrogens (tertiary/aromatic N) is 4. The van der Waals surface area contributed by atoms with Gasteiger partial charge in [-0.2, -0.15) is 0 Å². The van der Waals surface area contributed by atoms with Gasteiger partial charge in [-0.05, 0) is 50.5 Å². The molecule has 7 nitrogen and oxygen atoms in total. The molecule has 1 aromatic heterocycles. The number of benzene rings is 1. The SMILES string of the molecule is CC1(C(=O)N2CC[C@]3(c4ccccc4)CCc4nnc(C(=O)NC5CC5)n4C[C@H]23)CC=CCC1. The highest BCUT2D eigenvalue weighted by Crippen LogP contribution is 2.48. The van der Waals surface area contributed by atoms with Crippen molar-refractivity contribution in [3.63, 3.8) is 0 Å². The third-order valence-corrected chi connectivity index (χ3v) is 8.63. The highest BCUT2D eigenvalue weighted by atomic mass is 16.2. The van der Waals surface area contributed by atoms with Crippen molar-refractivity contribution < 1.29 is 9.59 Å². The molecule has 3 atom stereocenters. The zero-order chi connectivity index (χ0) is 23.3. The van der Waals surface area contributed by atoms with Gasteiger partial charge in [0, 0.05) is 31.0 Å². The summed E-state index contributed by atoms with van der Waals surface area (Å²) in [6.07, 6.45) is 11.6. The van der Waals surface area contributed by atoms with E-state index >= 15 is 0 Å². The van der Waals surface area contributed by atoms with E-state index < -0.39 is 0 Å². The largest absolute Gasteiger partial charge is 0.347 e. The normalized spacial score (nSPS) is 30.4. The smallest absolute Gasteiger partial charge is 0.289 e. The second-order valence-electron chi connectivity index (χ2n) is 10.9. The quantitative estimate of drug-likeness (QED) is 0.711. The van der Waals surface area contributed by atoms with Crippen molar-refractivity contribution in [2.24, 2.45) is 5.41 Å². The highest BCUT2D eigenvalue weighted by Gasteiger charge is 2.54. The lowest BCUT2D eigenvalue weighted by Gasteiger charge is -2.41. The van der Waals surface area contributed by atoms with Crippen molar-refractivity contribution in [1.82, 2.24) is 25.0 Å². The van der Waals surface area contributed by atoms with E-state index in [1.807, 2.05) is 4.57 Å². The van der Waals surface area contributed by atoms with Crippen LogP contribution in [0, 0.1) is 5.41 Å². The number of carbonyl (C=O) groups is 2. The number of aryl methyl sites for hydroxylation is 1. The van der Waals surface area contributed by atoms with Gasteiger partial charge in [0.05, 0.1) is 11.5 Å². The van der Waals surface area contributed by atoms with Gasteiger partial charge in [-0.3, -0.25) is 9.59 Å². The lowest BCUT2D eigenvalue weighted by atomic mass is 9.71. The zero-order valence-corrected chi connectivity index (χ0v) is 19.9. The summed E-state index contributed by atoms with van der Waals surface area (Å²) in [5.41, 5.74) is 0.769. The Balaban J connectivity index is 1.39. The number of hydrogen-bond acceptors (Lipinski definition) is 4. The van der Waals surface area contributed by atoms with Gasteiger partial charge in [-0.1, -0.05) is 49.4 Å². The summed E-state index contributed by atoms with van der Waals surface area (Å²) in [4.78, 5) is 29.2. The van der Waals surface area contributed by atoms with Gasteiger partial charge >= 0.3 is 0 Å². The van der Waals surface area contributed by atoms with Crippen molar-refractivity contribution in [3.05, 3.63) is 59.7 Å². The van der Waals surface area contributed by atoms with E-state index in [9.17, 15) is 9.59 Å². The molecule has 2 fully saturated rings. The van der Waals surface area contributed by atoms with Crippen molar-refractivity contribution in [1.29, 1.82) is 0 Å². The van der Waals surface area contributed by atoms with Gasteiger partial charge in [0.2, 0.25) is 11.7 Å². The van der Waals surface area contributed by atoms with Gasteiger partial charge in [-0.15, -0.1) is 10.2 Å². The van der Waals surface area contributed by atoms with Crippen LogP contribution in [0.3, 0.4) is 0 Å². The summed E-state index contributed by atoms with van der Waals surface area (Å²) in [5.74, 6) is 1.34.